The lowest BCUT2D eigenvalue weighted by Gasteiger charge is -2.08. The van der Waals surface area contributed by atoms with Crippen LogP contribution in [0.1, 0.15) is 5.69 Å². The summed E-state index contributed by atoms with van der Waals surface area (Å²) in [5.41, 5.74) is 9.52. The second kappa shape index (κ2) is 3.82. The van der Waals surface area contributed by atoms with Crippen molar-refractivity contribution in [3.05, 3.63) is 36.5 Å². The van der Waals surface area contributed by atoms with E-state index in [0.29, 0.717) is 12.2 Å². The van der Waals surface area contributed by atoms with Crippen molar-refractivity contribution in [3.63, 3.8) is 0 Å². The number of hydrogen-bond donors (Lipinski definition) is 4. The highest BCUT2D eigenvalue weighted by Crippen LogP contribution is 2.24. The molecule has 0 radical (unpaired) electrons. The predicted molar refractivity (Wildman–Crippen MR) is 66.4 cm³/mol. The van der Waals surface area contributed by atoms with Crippen LogP contribution in [0.2, 0.25) is 0 Å². The van der Waals surface area contributed by atoms with E-state index in [-0.39, 0.29) is 0 Å². The molecule has 0 spiro atoms. The number of hydrogen-bond acceptors (Lipinski definition) is 4. The largest absolute Gasteiger partial charge is 0.397 e. The quantitative estimate of drug-likeness (QED) is 0.510. The molecule has 0 aliphatic carbocycles. The Bertz CT molecular complexity index is 625. The van der Waals surface area contributed by atoms with E-state index in [9.17, 15) is 0 Å². The minimum absolute atomic E-state index is 0.657. The normalized spacial score (nSPS) is 10.8. The summed E-state index contributed by atoms with van der Waals surface area (Å²) >= 11 is 0. The van der Waals surface area contributed by atoms with E-state index in [4.69, 9.17) is 5.73 Å². The van der Waals surface area contributed by atoms with Crippen LogP contribution in [0.5, 0.6) is 0 Å². The predicted octanol–water partition coefficient (Wildman–Crippen LogP) is 1.48. The Labute approximate surface area is 97.3 Å². The van der Waals surface area contributed by atoms with Gasteiger partial charge in [-0.25, -0.2) is 4.98 Å². The molecule has 0 atom stereocenters. The third-order valence-corrected chi connectivity index (χ3v) is 2.63. The number of nitrogens with zero attached hydrogens (tertiary/aromatic N) is 2. The molecular formula is C11H12N6. The van der Waals surface area contributed by atoms with Gasteiger partial charge in [0.05, 0.1) is 41.7 Å². The Hall–Kier alpha value is -2.50. The third-order valence-electron chi connectivity index (χ3n) is 2.63. The third kappa shape index (κ3) is 1.80. The number of rotatable bonds is 3. The number of nitrogens with one attached hydrogen (secondary N) is 3. The lowest BCUT2D eigenvalue weighted by molar-refractivity contribution is 1.07. The number of anilines is 2. The molecule has 5 N–H and O–H groups in total. The molecule has 0 unspecified atom stereocenters. The van der Waals surface area contributed by atoms with Crippen LogP contribution in [-0.2, 0) is 6.54 Å². The zero-order valence-electron chi connectivity index (χ0n) is 9.07. The molecular weight excluding hydrogens is 216 g/mol. The summed E-state index contributed by atoms with van der Waals surface area (Å²) in [6, 6.07) is 3.85. The van der Waals surface area contributed by atoms with Gasteiger partial charge in [0.2, 0.25) is 0 Å². The number of aromatic nitrogens is 4. The Morgan fingerprint density at radius 2 is 2.24 bits per heavy atom. The minimum Gasteiger partial charge on any atom is -0.397 e. The average Bonchev–Trinajstić information content (AvgIpc) is 2.95. The summed E-state index contributed by atoms with van der Waals surface area (Å²) in [5, 5.41) is 11.1. The highest BCUT2D eigenvalue weighted by molar-refractivity contribution is 5.88. The first-order valence-corrected chi connectivity index (χ1v) is 5.26. The Morgan fingerprint density at radius 1 is 1.29 bits per heavy atom. The minimum atomic E-state index is 0.657. The van der Waals surface area contributed by atoms with Crippen molar-refractivity contribution in [1.82, 2.24) is 20.2 Å². The van der Waals surface area contributed by atoms with Crippen molar-refractivity contribution in [3.8, 4) is 0 Å². The van der Waals surface area contributed by atoms with Gasteiger partial charge >= 0.3 is 0 Å². The van der Waals surface area contributed by atoms with Crippen LogP contribution in [0.3, 0.4) is 0 Å². The zero-order chi connectivity index (χ0) is 11.7. The maximum absolute atomic E-state index is 5.96. The van der Waals surface area contributed by atoms with Gasteiger partial charge in [-0.05, 0) is 12.1 Å². The van der Waals surface area contributed by atoms with Crippen molar-refractivity contribution < 1.29 is 0 Å². The number of imidazole rings is 1. The van der Waals surface area contributed by atoms with Crippen molar-refractivity contribution in [1.29, 1.82) is 0 Å². The van der Waals surface area contributed by atoms with Crippen molar-refractivity contribution in [2.45, 2.75) is 6.54 Å². The molecule has 3 aromatic rings. The summed E-state index contributed by atoms with van der Waals surface area (Å²) in [5.74, 6) is 0. The van der Waals surface area contributed by atoms with Gasteiger partial charge in [0.25, 0.3) is 0 Å². The second-order valence-electron chi connectivity index (χ2n) is 3.83. The van der Waals surface area contributed by atoms with Crippen LogP contribution in [0.25, 0.3) is 10.9 Å². The van der Waals surface area contributed by atoms with E-state index >= 15 is 0 Å². The van der Waals surface area contributed by atoms with E-state index in [1.54, 1.807) is 18.7 Å². The number of benzene rings is 1. The fraction of sp³-hybridized carbons (Fsp3) is 0.0909. The summed E-state index contributed by atoms with van der Waals surface area (Å²) < 4.78 is 0. The molecule has 0 amide bonds. The molecule has 0 saturated carbocycles. The molecule has 1 aromatic carbocycles. The maximum Gasteiger partial charge on any atom is 0.0922 e. The number of nitrogens with two attached hydrogens (primary N) is 1. The van der Waals surface area contributed by atoms with Crippen LogP contribution in [-0.4, -0.2) is 20.2 Å². The molecule has 0 aliphatic heterocycles. The molecule has 2 aromatic heterocycles. The second-order valence-corrected chi connectivity index (χ2v) is 3.83. The molecule has 0 bridgehead atoms. The highest BCUT2D eigenvalue weighted by Gasteiger charge is 2.03. The first kappa shape index (κ1) is 9.71. The van der Waals surface area contributed by atoms with Gasteiger partial charge < -0.3 is 16.0 Å². The molecule has 17 heavy (non-hydrogen) atoms. The average molecular weight is 228 g/mol. The smallest absolute Gasteiger partial charge is 0.0922 e. The van der Waals surface area contributed by atoms with E-state index in [2.05, 4.69) is 25.5 Å². The topological polar surface area (TPSA) is 95.4 Å². The Morgan fingerprint density at radius 3 is 3.06 bits per heavy atom. The van der Waals surface area contributed by atoms with Gasteiger partial charge in [0.1, 0.15) is 0 Å². The summed E-state index contributed by atoms with van der Waals surface area (Å²) in [4.78, 5) is 6.98. The van der Waals surface area contributed by atoms with Crippen molar-refractivity contribution >= 4 is 22.3 Å². The van der Waals surface area contributed by atoms with Crippen LogP contribution in [0.4, 0.5) is 11.4 Å². The van der Waals surface area contributed by atoms with Crippen molar-refractivity contribution in [2.75, 3.05) is 11.1 Å². The number of fused-ring (bicyclic) bond motifs is 1. The van der Waals surface area contributed by atoms with Crippen LogP contribution in [0.15, 0.2) is 30.9 Å². The van der Waals surface area contributed by atoms with E-state index in [1.165, 1.54) is 0 Å². The maximum atomic E-state index is 5.96. The number of H-pyrrole nitrogens is 2. The number of nitrogen functional groups attached to an aromatic ring is 1. The SMILES string of the molecule is Nc1cc2cn[nH]c2cc1NCc1cnc[nH]1. The van der Waals surface area contributed by atoms with Gasteiger partial charge in [-0.3, -0.25) is 5.10 Å². The molecule has 0 fully saturated rings. The summed E-state index contributed by atoms with van der Waals surface area (Å²) in [7, 11) is 0. The fourth-order valence-corrected chi connectivity index (χ4v) is 1.73. The molecule has 0 aliphatic rings. The molecule has 6 heteroatoms. The van der Waals surface area contributed by atoms with Gasteiger partial charge in [0.15, 0.2) is 0 Å². The monoisotopic (exact) mass is 228 g/mol. The van der Waals surface area contributed by atoms with Crippen molar-refractivity contribution in [2.24, 2.45) is 0 Å². The lowest BCUT2D eigenvalue weighted by atomic mass is 10.2. The number of aromatic amines is 2. The van der Waals surface area contributed by atoms with E-state index in [0.717, 1.165) is 22.3 Å². The first-order valence-electron chi connectivity index (χ1n) is 5.26. The van der Waals surface area contributed by atoms with Gasteiger partial charge in [-0.1, -0.05) is 0 Å². The summed E-state index contributed by atoms with van der Waals surface area (Å²) in [6.07, 6.45) is 5.18. The standard InChI is InChI=1S/C11H12N6/c12-9-1-7-3-16-17-10(7)2-11(9)14-5-8-4-13-6-15-8/h1-4,6,14H,5,12H2,(H,13,15)(H,16,17). The van der Waals surface area contributed by atoms with E-state index in [1.807, 2.05) is 12.1 Å². The van der Waals surface area contributed by atoms with Gasteiger partial charge in [0, 0.05) is 11.6 Å². The first-order chi connectivity index (χ1) is 8.33. The Kier molecular flexibility index (Phi) is 2.18. The Balaban J connectivity index is 1.86. The fourth-order valence-electron chi connectivity index (χ4n) is 1.73. The van der Waals surface area contributed by atoms with Crippen LogP contribution >= 0.6 is 0 Å². The molecule has 86 valence electrons. The van der Waals surface area contributed by atoms with Gasteiger partial charge in [-0.2, -0.15) is 5.10 Å². The molecule has 6 nitrogen and oxygen atoms in total. The summed E-state index contributed by atoms with van der Waals surface area (Å²) in [6.45, 7) is 0.657. The molecule has 2 heterocycles. The zero-order valence-corrected chi connectivity index (χ0v) is 9.07. The van der Waals surface area contributed by atoms with E-state index < -0.39 is 0 Å². The van der Waals surface area contributed by atoms with Crippen LogP contribution < -0.4 is 11.1 Å². The molecule has 0 saturated heterocycles. The highest BCUT2D eigenvalue weighted by atomic mass is 15.1. The van der Waals surface area contributed by atoms with Gasteiger partial charge in [-0.15, -0.1) is 0 Å². The molecule has 3 rings (SSSR count). The van der Waals surface area contributed by atoms with Crippen LogP contribution in [0, 0.1) is 0 Å². The lowest BCUT2D eigenvalue weighted by Crippen LogP contribution is -2.02.